The van der Waals surface area contributed by atoms with Gasteiger partial charge in [0.2, 0.25) is 0 Å². The van der Waals surface area contributed by atoms with E-state index < -0.39 is 0 Å². The van der Waals surface area contributed by atoms with E-state index in [0.717, 1.165) is 28.3 Å². The Bertz CT molecular complexity index is 1460. The lowest BCUT2D eigenvalue weighted by Crippen LogP contribution is -2.31. The number of hydrogen-bond acceptors (Lipinski definition) is 5. The Labute approximate surface area is 219 Å². The van der Waals surface area contributed by atoms with E-state index in [1.165, 1.54) is 5.01 Å². The molecule has 0 radical (unpaired) electrons. The standard InChI is InChI=1S/C28H23Cl2N3O3/c1-17-8-13-21-22(29)14-23(30)28(27(21)31-17)36-16-26(34)33-25(19-9-11-20(35-2)12-10-19)15-24(32-33)18-6-4-3-5-7-18/h3-14,25H,15-16H2,1-2H3/t25-/m1/s1. The summed E-state index contributed by atoms with van der Waals surface area (Å²) in [5.74, 6) is 0.767. The van der Waals surface area contributed by atoms with Gasteiger partial charge in [-0.2, -0.15) is 5.10 Å². The molecule has 0 aliphatic carbocycles. The molecule has 182 valence electrons. The molecule has 36 heavy (non-hydrogen) atoms. The van der Waals surface area contributed by atoms with E-state index in [0.29, 0.717) is 33.1 Å². The zero-order chi connectivity index (χ0) is 25.2. The molecule has 5 rings (SSSR count). The van der Waals surface area contributed by atoms with Gasteiger partial charge in [0.05, 0.1) is 28.9 Å². The Morgan fingerprint density at radius 3 is 2.50 bits per heavy atom. The van der Waals surface area contributed by atoms with E-state index in [1.807, 2.05) is 73.7 Å². The lowest BCUT2D eigenvalue weighted by molar-refractivity contribution is -0.135. The molecule has 0 spiro atoms. The van der Waals surface area contributed by atoms with Crippen molar-refractivity contribution in [3.63, 3.8) is 0 Å². The molecule has 1 aliphatic heterocycles. The summed E-state index contributed by atoms with van der Waals surface area (Å²) >= 11 is 12.8. The van der Waals surface area contributed by atoms with Crippen LogP contribution in [0.15, 0.2) is 77.9 Å². The third-order valence-corrected chi connectivity index (χ3v) is 6.68. The summed E-state index contributed by atoms with van der Waals surface area (Å²) in [5.41, 5.74) is 4.05. The van der Waals surface area contributed by atoms with Crippen LogP contribution < -0.4 is 9.47 Å². The first-order valence-electron chi connectivity index (χ1n) is 11.4. The molecule has 1 aliphatic rings. The Kier molecular flexibility index (Phi) is 6.81. The van der Waals surface area contributed by atoms with Crippen molar-refractivity contribution in [3.05, 3.63) is 99.7 Å². The molecular weight excluding hydrogens is 497 g/mol. The highest BCUT2D eigenvalue weighted by Gasteiger charge is 2.33. The molecule has 0 bridgehead atoms. The van der Waals surface area contributed by atoms with Crippen LogP contribution in [0.3, 0.4) is 0 Å². The molecule has 0 saturated carbocycles. The van der Waals surface area contributed by atoms with Crippen LogP contribution in [-0.4, -0.2) is 35.3 Å². The Morgan fingerprint density at radius 1 is 1.03 bits per heavy atom. The number of hydrazone groups is 1. The van der Waals surface area contributed by atoms with Crippen molar-refractivity contribution in [3.8, 4) is 11.5 Å². The number of carbonyl (C=O) groups is 1. The number of amides is 1. The van der Waals surface area contributed by atoms with Gasteiger partial charge in [-0.15, -0.1) is 0 Å². The van der Waals surface area contributed by atoms with Gasteiger partial charge in [-0.05, 0) is 48.4 Å². The highest BCUT2D eigenvalue weighted by Crippen LogP contribution is 2.38. The number of pyridine rings is 1. The lowest BCUT2D eigenvalue weighted by Gasteiger charge is -2.22. The molecule has 2 heterocycles. The quantitative estimate of drug-likeness (QED) is 0.287. The van der Waals surface area contributed by atoms with Gasteiger partial charge >= 0.3 is 0 Å². The van der Waals surface area contributed by atoms with Crippen LogP contribution in [0.4, 0.5) is 0 Å². The first-order chi connectivity index (χ1) is 17.4. The fourth-order valence-electron chi connectivity index (χ4n) is 4.26. The van der Waals surface area contributed by atoms with Crippen molar-refractivity contribution < 1.29 is 14.3 Å². The Hall–Kier alpha value is -3.61. The number of hydrogen-bond donors (Lipinski definition) is 0. The minimum absolute atomic E-state index is 0.260. The van der Waals surface area contributed by atoms with Gasteiger partial charge in [0.15, 0.2) is 12.4 Å². The minimum atomic E-state index is -0.298. The van der Waals surface area contributed by atoms with Gasteiger partial charge in [-0.1, -0.05) is 65.7 Å². The molecule has 1 amide bonds. The van der Waals surface area contributed by atoms with Gasteiger partial charge in [0.25, 0.3) is 5.91 Å². The van der Waals surface area contributed by atoms with E-state index in [4.69, 9.17) is 37.8 Å². The number of benzene rings is 3. The number of rotatable bonds is 6. The maximum Gasteiger partial charge on any atom is 0.281 e. The second-order valence-corrected chi connectivity index (χ2v) is 9.27. The van der Waals surface area contributed by atoms with Gasteiger partial charge in [0, 0.05) is 17.5 Å². The molecule has 8 heteroatoms. The second-order valence-electron chi connectivity index (χ2n) is 8.45. The fourth-order valence-corrected chi connectivity index (χ4v) is 4.83. The van der Waals surface area contributed by atoms with E-state index in [-0.39, 0.29) is 18.6 Å². The molecule has 1 atom stereocenters. The Balaban J connectivity index is 1.45. The summed E-state index contributed by atoms with van der Waals surface area (Å²) in [6.45, 7) is 1.61. The van der Waals surface area contributed by atoms with Crippen LogP contribution >= 0.6 is 23.2 Å². The van der Waals surface area contributed by atoms with E-state index in [9.17, 15) is 4.79 Å². The van der Waals surface area contributed by atoms with Crippen LogP contribution in [0.2, 0.25) is 10.0 Å². The minimum Gasteiger partial charge on any atom is -0.497 e. The number of halogens is 2. The van der Waals surface area contributed by atoms with Crippen LogP contribution in [0.25, 0.3) is 10.9 Å². The number of carbonyl (C=O) groups excluding carboxylic acids is 1. The summed E-state index contributed by atoms with van der Waals surface area (Å²) in [7, 11) is 1.62. The third kappa shape index (κ3) is 4.74. The smallest absolute Gasteiger partial charge is 0.281 e. The zero-order valence-electron chi connectivity index (χ0n) is 19.7. The Morgan fingerprint density at radius 2 is 1.78 bits per heavy atom. The zero-order valence-corrected chi connectivity index (χ0v) is 21.3. The monoisotopic (exact) mass is 519 g/mol. The molecular formula is C28H23Cl2N3O3. The largest absolute Gasteiger partial charge is 0.497 e. The predicted molar refractivity (Wildman–Crippen MR) is 142 cm³/mol. The maximum absolute atomic E-state index is 13.5. The summed E-state index contributed by atoms with van der Waals surface area (Å²) in [5, 5.41) is 7.66. The molecule has 0 fully saturated rings. The van der Waals surface area contributed by atoms with E-state index in [2.05, 4.69) is 4.98 Å². The van der Waals surface area contributed by atoms with Gasteiger partial charge in [-0.25, -0.2) is 9.99 Å². The number of methoxy groups -OCH3 is 1. The highest BCUT2D eigenvalue weighted by atomic mass is 35.5. The number of ether oxygens (including phenoxy) is 2. The molecule has 1 aromatic heterocycles. The van der Waals surface area contributed by atoms with Crippen LogP contribution in [0.5, 0.6) is 11.5 Å². The molecule has 6 nitrogen and oxygen atoms in total. The summed E-state index contributed by atoms with van der Waals surface area (Å²) in [6, 6.07) is 22.5. The normalized spacial score (nSPS) is 15.2. The average Bonchev–Trinajstić information content (AvgIpc) is 3.34. The first kappa shape index (κ1) is 24.1. The third-order valence-electron chi connectivity index (χ3n) is 6.09. The number of nitrogens with zero attached hydrogens (tertiary/aromatic N) is 3. The topological polar surface area (TPSA) is 64.0 Å². The summed E-state index contributed by atoms with van der Waals surface area (Å²) in [4.78, 5) is 18.0. The highest BCUT2D eigenvalue weighted by molar-refractivity contribution is 6.39. The van der Waals surface area contributed by atoms with Crippen LogP contribution in [0.1, 0.15) is 29.3 Å². The second kappa shape index (κ2) is 10.2. The van der Waals surface area contributed by atoms with Crippen molar-refractivity contribution in [2.24, 2.45) is 5.10 Å². The average molecular weight is 520 g/mol. The van der Waals surface area contributed by atoms with E-state index in [1.54, 1.807) is 13.2 Å². The van der Waals surface area contributed by atoms with E-state index >= 15 is 0 Å². The van der Waals surface area contributed by atoms with Crippen LogP contribution in [-0.2, 0) is 4.79 Å². The first-order valence-corrected chi connectivity index (χ1v) is 12.2. The fraction of sp³-hybridized carbons (Fsp3) is 0.179. The van der Waals surface area contributed by atoms with Crippen molar-refractivity contribution in [1.29, 1.82) is 0 Å². The molecule has 0 N–H and O–H groups in total. The number of aromatic nitrogens is 1. The molecule has 4 aromatic rings. The summed E-state index contributed by atoms with van der Waals surface area (Å²) < 4.78 is 11.3. The maximum atomic E-state index is 13.5. The van der Waals surface area contributed by atoms with Crippen LogP contribution in [0, 0.1) is 6.92 Å². The number of fused-ring (bicyclic) bond motifs is 1. The molecule has 3 aromatic carbocycles. The van der Waals surface area contributed by atoms with Crippen molar-refractivity contribution in [2.45, 2.75) is 19.4 Å². The number of aryl methyl sites for hydroxylation is 1. The van der Waals surface area contributed by atoms with Crippen molar-refractivity contribution in [2.75, 3.05) is 13.7 Å². The predicted octanol–water partition coefficient (Wildman–Crippen LogP) is 6.62. The van der Waals surface area contributed by atoms with Gasteiger partial charge < -0.3 is 9.47 Å². The van der Waals surface area contributed by atoms with Crippen molar-refractivity contribution in [1.82, 2.24) is 9.99 Å². The summed E-state index contributed by atoms with van der Waals surface area (Å²) in [6.07, 6.45) is 0.577. The van der Waals surface area contributed by atoms with Gasteiger partial charge in [-0.3, -0.25) is 4.79 Å². The van der Waals surface area contributed by atoms with Crippen molar-refractivity contribution >= 4 is 45.7 Å². The molecule has 0 saturated heterocycles. The lowest BCUT2D eigenvalue weighted by atomic mass is 9.98. The SMILES string of the molecule is COc1ccc([C@H]2CC(c3ccccc3)=NN2C(=O)COc2c(Cl)cc(Cl)c3ccc(C)nc23)cc1. The van der Waals surface area contributed by atoms with Gasteiger partial charge in [0.1, 0.15) is 11.3 Å². The molecule has 0 unspecified atom stereocenters.